The minimum absolute atomic E-state index is 0.0949. The molecule has 5 rings (SSSR count). The van der Waals surface area contributed by atoms with Gasteiger partial charge >= 0.3 is 5.97 Å². The van der Waals surface area contributed by atoms with Crippen molar-refractivity contribution in [1.29, 1.82) is 0 Å². The molecule has 0 saturated heterocycles. The maximum Gasteiger partial charge on any atom is 0.356 e. The summed E-state index contributed by atoms with van der Waals surface area (Å²) in [5, 5.41) is 17.9. The number of aromatic carboxylic acids is 1. The largest absolute Gasteiger partial charge is 0.476 e. The number of carboxylic acids is 1. The molecule has 1 unspecified atom stereocenters. The van der Waals surface area contributed by atoms with Crippen LogP contribution in [0.3, 0.4) is 0 Å². The van der Waals surface area contributed by atoms with Crippen LogP contribution < -0.4 is 0 Å². The summed E-state index contributed by atoms with van der Waals surface area (Å²) < 4.78 is 24.6. The number of carboxylic acid groups (broad SMARTS) is 1. The highest BCUT2D eigenvalue weighted by Gasteiger charge is 2.32. The van der Waals surface area contributed by atoms with Gasteiger partial charge in [0.05, 0.1) is 27.9 Å². The van der Waals surface area contributed by atoms with Gasteiger partial charge in [0.1, 0.15) is 6.61 Å². The fourth-order valence-electron chi connectivity index (χ4n) is 3.62. The number of ether oxygens (including phenoxy) is 1. The van der Waals surface area contributed by atoms with Gasteiger partial charge in [0, 0.05) is 28.7 Å². The summed E-state index contributed by atoms with van der Waals surface area (Å²) in [6.45, 7) is 0.228. The average molecular weight is 436 g/mol. The number of fused-ring (bicyclic) bond motifs is 3. The van der Waals surface area contributed by atoms with Crippen molar-refractivity contribution in [3.05, 3.63) is 65.6 Å². The molecule has 10 heteroatoms. The third-order valence-corrected chi connectivity index (χ3v) is 6.33. The number of benzene rings is 2. The maximum absolute atomic E-state index is 12.7. The molecule has 4 aromatic rings. The molecule has 3 heterocycles. The minimum Gasteiger partial charge on any atom is -0.476 e. The number of carbonyl (C=O) groups is 1. The summed E-state index contributed by atoms with van der Waals surface area (Å²) in [5.74, 6) is -0.333. The van der Waals surface area contributed by atoms with Crippen LogP contribution in [-0.4, -0.2) is 42.3 Å². The number of hydrogen-bond donors (Lipinski definition) is 1. The standard InChI is InChI=1S/C21H16N4O5S/c1-29-10-17-22-20(30-24-17)12-5-4-6-13(9-12)25-19-14-7-2-3-8-16(14)31(28)11-15(19)18(23-25)21(26)27/h2-9H,10-11H2,1H3,(H,26,27). The second kappa shape index (κ2) is 7.56. The lowest BCUT2D eigenvalue weighted by molar-refractivity contribution is 0.0689. The van der Waals surface area contributed by atoms with Gasteiger partial charge in [-0.25, -0.2) is 9.48 Å². The van der Waals surface area contributed by atoms with Crippen molar-refractivity contribution in [2.24, 2.45) is 0 Å². The van der Waals surface area contributed by atoms with Crippen molar-refractivity contribution in [3.63, 3.8) is 0 Å². The highest BCUT2D eigenvalue weighted by atomic mass is 32.2. The van der Waals surface area contributed by atoms with Gasteiger partial charge in [-0.2, -0.15) is 10.1 Å². The van der Waals surface area contributed by atoms with E-state index in [2.05, 4.69) is 15.2 Å². The van der Waals surface area contributed by atoms with Crippen LogP contribution in [0.4, 0.5) is 0 Å². The van der Waals surface area contributed by atoms with Gasteiger partial charge in [0.25, 0.3) is 5.89 Å². The first kappa shape index (κ1) is 19.3. The number of rotatable bonds is 5. The van der Waals surface area contributed by atoms with Crippen LogP contribution in [0.15, 0.2) is 57.9 Å². The van der Waals surface area contributed by atoms with Crippen molar-refractivity contribution in [1.82, 2.24) is 19.9 Å². The second-order valence-corrected chi connectivity index (χ2v) is 8.30. The molecule has 1 aliphatic heterocycles. The minimum atomic E-state index is -1.34. The summed E-state index contributed by atoms with van der Waals surface area (Å²) in [6, 6.07) is 14.5. The lowest BCUT2D eigenvalue weighted by Gasteiger charge is -2.18. The maximum atomic E-state index is 12.7. The van der Waals surface area contributed by atoms with Crippen molar-refractivity contribution < 1.29 is 23.4 Å². The Morgan fingerprint density at radius 1 is 1.26 bits per heavy atom. The normalized spacial score (nSPS) is 14.8. The van der Waals surface area contributed by atoms with E-state index in [9.17, 15) is 14.1 Å². The molecule has 9 nitrogen and oxygen atoms in total. The highest BCUT2D eigenvalue weighted by Crippen LogP contribution is 2.39. The van der Waals surface area contributed by atoms with Gasteiger partial charge in [-0.3, -0.25) is 4.21 Å². The van der Waals surface area contributed by atoms with E-state index >= 15 is 0 Å². The Morgan fingerprint density at radius 2 is 2.10 bits per heavy atom. The summed E-state index contributed by atoms with van der Waals surface area (Å²) in [4.78, 5) is 16.8. The topological polar surface area (TPSA) is 120 Å². The molecule has 0 amide bonds. The van der Waals surface area contributed by atoms with Crippen LogP contribution >= 0.6 is 0 Å². The Morgan fingerprint density at radius 3 is 2.90 bits per heavy atom. The zero-order valence-electron chi connectivity index (χ0n) is 16.3. The zero-order valence-corrected chi connectivity index (χ0v) is 17.1. The van der Waals surface area contributed by atoms with Gasteiger partial charge in [0.2, 0.25) is 0 Å². The number of aromatic nitrogens is 4. The van der Waals surface area contributed by atoms with Crippen LogP contribution in [0.1, 0.15) is 21.9 Å². The predicted octanol–water partition coefficient (Wildman–Crippen LogP) is 3.06. The Bertz CT molecular complexity index is 1340. The van der Waals surface area contributed by atoms with Crippen LogP contribution in [0.25, 0.3) is 28.4 Å². The predicted molar refractivity (Wildman–Crippen MR) is 110 cm³/mol. The highest BCUT2D eigenvalue weighted by molar-refractivity contribution is 7.84. The first-order chi connectivity index (χ1) is 15.1. The third-order valence-electron chi connectivity index (χ3n) is 4.93. The molecule has 2 aromatic carbocycles. The lowest BCUT2D eigenvalue weighted by Crippen LogP contribution is -2.10. The van der Waals surface area contributed by atoms with Crippen LogP contribution in [0.5, 0.6) is 0 Å². The molecule has 0 spiro atoms. The van der Waals surface area contributed by atoms with Crippen molar-refractivity contribution >= 4 is 16.8 Å². The summed E-state index contributed by atoms with van der Waals surface area (Å²) in [5.41, 5.74) is 2.94. The van der Waals surface area contributed by atoms with E-state index in [0.29, 0.717) is 44.7 Å². The average Bonchev–Trinajstić information content (AvgIpc) is 3.39. The van der Waals surface area contributed by atoms with E-state index in [1.54, 1.807) is 30.0 Å². The second-order valence-electron chi connectivity index (χ2n) is 6.88. The van der Waals surface area contributed by atoms with Crippen LogP contribution in [-0.2, 0) is 27.9 Å². The molecule has 0 aliphatic carbocycles. The summed E-state index contributed by atoms with van der Waals surface area (Å²) >= 11 is 0. The van der Waals surface area contributed by atoms with Crippen molar-refractivity contribution in [2.75, 3.05) is 7.11 Å². The number of nitrogens with zero attached hydrogens (tertiary/aromatic N) is 4. The zero-order chi connectivity index (χ0) is 21.5. The Balaban J connectivity index is 1.68. The first-order valence-corrected chi connectivity index (χ1v) is 10.6. The Labute approximate surface area is 178 Å². The van der Waals surface area contributed by atoms with E-state index in [1.165, 1.54) is 0 Å². The van der Waals surface area contributed by atoms with E-state index in [4.69, 9.17) is 9.26 Å². The molecule has 0 fully saturated rings. The fourth-order valence-corrected chi connectivity index (χ4v) is 4.95. The van der Waals surface area contributed by atoms with Crippen LogP contribution in [0, 0.1) is 0 Å². The Kier molecular flexibility index (Phi) is 4.72. The smallest absolute Gasteiger partial charge is 0.356 e. The molecule has 0 radical (unpaired) electrons. The molecule has 1 N–H and O–H groups in total. The molecule has 1 aliphatic rings. The Hall–Kier alpha value is -3.63. The lowest BCUT2D eigenvalue weighted by atomic mass is 10.1. The van der Waals surface area contributed by atoms with E-state index in [1.807, 2.05) is 30.3 Å². The van der Waals surface area contributed by atoms with Gasteiger partial charge < -0.3 is 14.4 Å². The summed E-state index contributed by atoms with van der Waals surface area (Å²) in [6.07, 6.45) is 0. The van der Waals surface area contributed by atoms with E-state index in [0.717, 1.165) is 0 Å². The molecule has 0 bridgehead atoms. The summed E-state index contributed by atoms with van der Waals surface area (Å²) in [7, 11) is 0.202. The fraction of sp³-hybridized carbons (Fsp3) is 0.143. The molecule has 156 valence electrons. The number of hydrogen-bond acceptors (Lipinski definition) is 7. The monoisotopic (exact) mass is 436 g/mol. The van der Waals surface area contributed by atoms with Crippen molar-refractivity contribution in [2.45, 2.75) is 17.3 Å². The molecular formula is C21H16N4O5S. The SMILES string of the molecule is COCc1noc(-c2cccc(-n3nc(C(=O)O)c4c3-c3ccccc3S(=O)C4)c2)n1. The number of methoxy groups -OCH3 is 1. The van der Waals surface area contributed by atoms with Gasteiger partial charge in [-0.05, 0) is 24.3 Å². The van der Waals surface area contributed by atoms with E-state index in [-0.39, 0.29) is 18.1 Å². The van der Waals surface area contributed by atoms with Gasteiger partial charge in [-0.1, -0.05) is 29.4 Å². The molecule has 1 atom stereocenters. The van der Waals surface area contributed by atoms with Crippen molar-refractivity contribution in [3.8, 4) is 28.4 Å². The first-order valence-electron chi connectivity index (χ1n) is 9.32. The molecule has 2 aromatic heterocycles. The van der Waals surface area contributed by atoms with Gasteiger partial charge in [-0.15, -0.1) is 0 Å². The molecule has 31 heavy (non-hydrogen) atoms. The molecule has 0 saturated carbocycles. The van der Waals surface area contributed by atoms with E-state index < -0.39 is 16.8 Å². The quantitative estimate of drug-likeness (QED) is 0.507. The van der Waals surface area contributed by atoms with Crippen LogP contribution in [0.2, 0.25) is 0 Å². The molecular weight excluding hydrogens is 420 g/mol. The van der Waals surface area contributed by atoms with Gasteiger partial charge in [0.15, 0.2) is 11.5 Å². The third kappa shape index (κ3) is 3.25.